The van der Waals surface area contributed by atoms with Crippen LogP contribution in [0.2, 0.25) is 0 Å². The van der Waals surface area contributed by atoms with Gasteiger partial charge in [0.1, 0.15) is 0 Å². The van der Waals surface area contributed by atoms with Crippen LogP contribution in [0.4, 0.5) is 0 Å². The maximum Gasteiger partial charge on any atom is 0.254 e. The van der Waals surface area contributed by atoms with Crippen LogP contribution in [-0.4, -0.2) is 63.9 Å². The number of carbonyl (C=O) groups excluding carboxylic acids is 1. The average Bonchev–Trinajstić information content (AvgIpc) is 3.31. The molecule has 0 aromatic heterocycles. The first-order valence-corrected chi connectivity index (χ1v) is 12.8. The van der Waals surface area contributed by atoms with E-state index in [4.69, 9.17) is 14.2 Å². The highest BCUT2D eigenvalue weighted by molar-refractivity contribution is 5.95. The van der Waals surface area contributed by atoms with E-state index in [0.29, 0.717) is 48.0 Å². The monoisotopic (exact) mass is 482 g/mol. The SMILES string of the molecule is COCCCOc1cc(C(=O)N(CC2CNC[C@@H]2Cc2ccccc2)C(C)C(C)C)ccc1OC. The van der Waals surface area contributed by atoms with Crippen LogP contribution in [0.5, 0.6) is 11.5 Å². The van der Waals surface area contributed by atoms with Crippen LogP contribution < -0.4 is 14.8 Å². The van der Waals surface area contributed by atoms with E-state index in [1.54, 1.807) is 14.2 Å². The first-order chi connectivity index (χ1) is 16.9. The zero-order chi connectivity index (χ0) is 25.2. The summed E-state index contributed by atoms with van der Waals surface area (Å²) < 4.78 is 16.5. The van der Waals surface area contributed by atoms with Crippen molar-refractivity contribution in [3.63, 3.8) is 0 Å². The molecule has 2 unspecified atom stereocenters. The molecule has 0 bridgehead atoms. The maximum atomic E-state index is 13.9. The first-order valence-electron chi connectivity index (χ1n) is 12.8. The van der Waals surface area contributed by atoms with Gasteiger partial charge in [-0.3, -0.25) is 4.79 Å². The minimum atomic E-state index is 0.0426. The van der Waals surface area contributed by atoms with Crippen molar-refractivity contribution in [2.24, 2.45) is 17.8 Å². The van der Waals surface area contributed by atoms with Gasteiger partial charge in [0.05, 0.1) is 13.7 Å². The molecule has 6 heteroatoms. The maximum absolute atomic E-state index is 13.9. The Bertz CT molecular complexity index is 918. The van der Waals surface area contributed by atoms with E-state index in [1.165, 1.54) is 5.56 Å². The Morgan fingerprint density at radius 1 is 1.00 bits per heavy atom. The number of nitrogens with zero attached hydrogens (tertiary/aromatic N) is 1. The summed E-state index contributed by atoms with van der Waals surface area (Å²) in [5.74, 6) is 2.53. The lowest BCUT2D eigenvalue weighted by Crippen LogP contribution is -2.45. The van der Waals surface area contributed by atoms with Gasteiger partial charge in [0, 0.05) is 38.3 Å². The number of hydrogen-bond acceptors (Lipinski definition) is 5. The summed E-state index contributed by atoms with van der Waals surface area (Å²) >= 11 is 0. The van der Waals surface area contributed by atoms with Crippen molar-refractivity contribution in [3.05, 3.63) is 59.7 Å². The lowest BCUT2D eigenvalue weighted by atomic mass is 9.88. The second-order valence-corrected chi connectivity index (χ2v) is 9.87. The normalized spacial score (nSPS) is 18.5. The predicted octanol–water partition coefficient (Wildman–Crippen LogP) is 4.68. The minimum Gasteiger partial charge on any atom is -0.493 e. The van der Waals surface area contributed by atoms with Gasteiger partial charge in [-0.25, -0.2) is 0 Å². The molecule has 1 saturated heterocycles. The molecule has 1 N–H and O–H groups in total. The number of benzene rings is 2. The minimum absolute atomic E-state index is 0.0426. The van der Waals surface area contributed by atoms with Gasteiger partial charge in [0.2, 0.25) is 0 Å². The van der Waals surface area contributed by atoms with Gasteiger partial charge in [0.25, 0.3) is 5.91 Å². The molecule has 6 nitrogen and oxygen atoms in total. The molecular formula is C29H42N2O4. The zero-order valence-electron chi connectivity index (χ0n) is 22.0. The van der Waals surface area contributed by atoms with Crippen LogP contribution in [0.3, 0.4) is 0 Å². The molecule has 3 rings (SSSR count). The van der Waals surface area contributed by atoms with Crippen LogP contribution in [0.15, 0.2) is 48.5 Å². The van der Waals surface area contributed by atoms with Crippen LogP contribution in [0.25, 0.3) is 0 Å². The van der Waals surface area contributed by atoms with Crippen molar-refractivity contribution in [1.82, 2.24) is 10.2 Å². The van der Waals surface area contributed by atoms with E-state index in [-0.39, 0.29) is 11.9 Å². The number of nitrogens with one attached hydrogen (secondary N) is 1. The van der Waals surface area contributed by atoms with Crippen LogP contribution in [-0.2, 0) is 11.2 Å². The Kier molecular flexibility index (Phi) is 10.4. The second-order valence-electron chi connectivity index (χ2n) is 9.87. The fraction of sp³-hybridized carbons (Fsp3) is 0.552. The summed E-state index contributed by atoms with van der Waals surface area (Å²) in [6.45, 7) is 10.3. The summed E-state index contributed by atoms with van der Waals surface area (Å²) in [6.07, 6.45) is 1.80. The van der Waals surface area contributed by atoms with Crippen molar-refractivity contribution in [1.29, 1.82) is 0 Å². The van der Waals surface area contributed by atoms with Crippen LogP contribution in [0, 0.1) is 17.8 Å². The number of methoxy groups -OCH3 is 2. The molecule has 1 aliphatic rings. The molecule has 2 aromatic rings. The third-order valence-corrected chi connectivity index (χ3v) is 7.13. The number of ether oxygens (including phenoxy) is 3. The molecule has 0 aliphatic carbocycles. The highest BCUT2D eigenvalue weighted by atomic mass is 16.5. The molecule has 35 heavy (non-hydrogen) atoms. The van der Waals surface area contributed by atoms with Gasteiger partial charge in [-0.1, -0.05) is 44.2 Å². The summed E-state index contributed by atoms with van der Waals surface area (Å²) in [7, 11) is 3.29. The molecule has 1 fully saturated rings. The fourth-order valence-electron chi connectivity index (χ4n) is 4.68. The molecule has 2 aromatic carbocycles. The standard InChI is InChI=1S/C29H42N2O4/c1-21(2)22(3)31(20-26-19-30-18-25(26)16-23-10-7-6-8-11-23)29(32)24-12-13-27(34-5)28(17-24)35-15-9-14-33-4/h6-8,10-13,17,21-22,25-26,30H,9,14-16,18-20H2,1-5H3/t22?,25-,26?/m0/s1. The Morgan fingerprint density at radius 3 is 2.43 bits per heavy atom. The third-order valence-electron chi connectivity index (χ3n) is 7.13. The number of rotatable bonds is 13. The molecule has 0 saturated carbocycles. The van der Waals surface area contributed by atoms with Crippen LogP contribution in [0.1, 0.15) is 43.1 Å². The molecular weight excluding hydrogens is 440 g/mol. The van der Waals surface area contributed by atoms with Crippen molar-refractivity contribution in [2.75, 3.05) is 47.1 Å². The van der Waals surface area contributed by atoms with E-state index in [0.717, 1.165) is 32.5 Å². The highest BCUT2D eigenvalue weighted by Gasteiger charge is 2.33. The van der Waals surface area contributed by atoms with Crippen molar-refractivity contribution in [3.8, 4) is 11.5 Å². The third kappa shape index (κ3) is 7.45. The fourth-order valence-corrected chi connectivity index (χ4v) is 4.68. The van der Waals surface area contributed by atoms with E-state index in [1.807, 2.05) is 18.2 Å². The Hall–Kier alpha value is -2.57. The average molecular weight is 483 g/mol. The molecule has 1 amide bonds. The predicted molar refractivity (Wildman–Crippen MR) is 140 cm³/mol. The molecule has 0 spiro atoms. The van der Waals surface area contributed by atoms with E-state index < -0.39 is 0 Å². The van der Waals surface area contributed by atoms with Gasteiger partial charge in [0.15, 0.2) is 11.5 Å². The van der Waals surface area contributed by atoms with Crippen molar-refractivity contribution < 1.29 is 19.0 Å². The summed E-state index contributed by atoms with van der Waals surface area (Å²) in [5.41, 5.74) is 1.98. The molecule has 192 valence electrons. The van der Waals surface area contributed by atoms with E-state index in [9.17, 15) is 4.79 Å². The Balaban J connectivity index is 1.78. The summed E-state index contributed by atoms with van der Waals surface area (Å²) in [4.78, 5) is 15.9. The number of amides is 1. The van der Waals surface area contributed by atoms with Gasteiger partial charge in [-0.15, -0.1) is 0 Å². The molecule has 1 aliphatic heterocycles. The van der Waals surface area contributed by atoms with Gasteiger partial charge in [-0.05, 0) is 68.0 Å². The topological polar surface area (TPSA) is 60.0 Å². The van der Waals surface area contributed by atoms with Gasteiger partial charge in [-0.2, -0.15) is 0 Å². The highest BCUT2D eigenvalue weighted by Crippen LogP contribution is 2.30. The largest absolute Gasteiger partial charge is 0.493 e. The second kappa shape index (κ2) is 13.5. The number of carbonyl (C=O) groups is 1. The summed E-state index contributed by atoms with van der Waals surface area (Å²) in [5, 5.41) is 3.57. The number of hydrogen-bond donors (Lipinski definition) is 1. The summed E-state index contributed by atoms with van der Waals surface area (Å²) in [6, 6.07) is 16.3. The van der Waals surface area contributed by atoms with Crippen LogP contribution >= 0.6 is 0 Å². The van der Waals surface area contributed by atoms with Crippen molar-refractivity contribution >= 4 is 5.91 Å². The first kappa shape index (κ1) is 27.0. The smallest absolute Gasteiger partial charge is 0.254 e. The lowest BCUT2D eigenvalue weighted by molar-refractivity contribution is 0.0594. The van der Waals surface area contributed by atoms with E-state index in [2.05, 4.69) is 61.3 Å². The van der Waals surface area contributed by atoms with Crippen molar-refractivity contribution in [2.45, 2.75) is 39.7 Å². The van der Waals surface area contributed by atoms with Gasteiger partial charge < -0.3 is 24.4 Å². The lowest BCUT2D eigenvalue weighted by Gasteiger charge is -2.35. The molecule has 0 radical (unpaired) electrons. The van der Waals surface area contributed by atoms with E-state index >= 15 is 0 Å². The molecule has 3 atom stereocenters. The Morgan fingerprint density at radius 2 is 1.74 bits per heavy atom. The molecule has 1 heterocycles. The Labute approximate surface area is 210 Å². The zero-order valence-corrected chi connectivity index (χ0v) is 22.0. The van der Waals surface area contributed by atoms with Gasteiger partial charge >= 0.3 is 0 Å². The quantitative estimate of drug-likeness (QED) is 0.420.